The average molecular weight is 1100 g/mol. The molecule has 0 saturated heterocycles. The number of nitrogens with one attached hydrogen (secondary N) is 1. The second-order valence-corrected chi connectivity index (χ2v) is 18.3. The van der Waals surface area contributed by atoms with E-state index in [0.717, 1.165) is 66.1 Å². The Morgan fingerprint density at radius 3 is 1.65 bits per heavy atom. The Labute approximate surface area is 445 Å². The number of alkyl halides is 1. The molecule has 6 aromatic carbocycles. The predicted octanol–water partition coefficient (Wildman–Crippen LogP) is 15.0. The minimum absolute atomic E-state index is 0. The van der Waals surface area contributed by atoms with Crippen molar-refractivity contribution in [3.63, 3.8) is 0 Å². The lowest BCUT2D eigenvalue weighted by Gasteiger charge is -2.08. The minimum atomic E-state index is -0.459. The zero-order valence-corrected chi connectivity index (χ0v) is 43.6. The van der Waals surface area contributed by atoms with Gasteiger partial charge in [-0.25, -0.2) is 14.4 Å². The highest BCUT2D eigenvalue weighted by atomic mass is 35.5. The van der Waals surface area contributed by atoms with Crippen molar-refractivity contribution < 1.29 is 28.6 Å². The summed E-state index contributed by atoms with van der Waals surface area (Å²) in [4.78, 5) is 35.4. The van der Waals surface area contributed by atoms with Crippen LogP contribution in [0.4, 0.5) is 0 Å². The second-order valence-electron chi connectivity index (χ2n) is 15.5. The van der Waals surface area contributed by atoms with Gasteiger partial charge in [0, 0.05) is 52.2 Å². The van der Waals surface area contributed by atoms with E-state index < -0.39 is 17.9 Å². The molecule has 0 aliphatic heterocycles. The second kappa shape index (κ2) is 25.5. The van der Waals surface area contributed by atoms with Crippen LogP contribution in [-0.4, -0.2) is 69.0 Å². The summed E-state index contributed by atoms with van der Waals surface area (Å²) in [5, 5.41) is 21.5. The molecule has 3 heterocycles. The van der Waals surface area contributed by atoms with Gasteiger partial charge < -0.3 is 14.2 Å². The number of aromatic amines is 1. The molecule has 0 aliphatic carbocycles. The number of carbonyl (C=O) groups excluding carboxylic acids is 3. The van der Waals surface area contributed by atoms with Crippen molar-refractivity contribution in [1.82, 2.24) is 29.8 Å². The number of fused-ring (bicyclic) bond motifs is 3. The number of carbonyl (C=O) groups is 3. The molecule has 0 atom stereocenters. The average Bonchev–Trinajstić information content (AvgIpc) is 4.03. The number of benzene rings is 6. The number of rotatable bonds is 8. The number of H-pyrrole nitrogens is 1. The fraction of sp³-hybridized carbons (Fsp3) is 0.192. The van der Waals surface area contributed by atoms with Crippen LogP contribution in [0.5, 0.6) is 0 Å². The number of nitrogens with zero attached hydrogens (tertiary/aromatic N) is 5. The third kappa shape index (κ3) is 14.0. The Morgan fingerprint density at radius 1 is 0.521 bits per heavy atom. The molecule has 19 heteroatoms. The summed E-state index contributed by atoms with van der Waals surface area (Å²) in [5.41, 5.74) is 9.33. The van der Waals surface area contributed by atoms with Gasteiger partial charge in [0.15, 0.2) is 17.1 Å². The van der Waals surface area contributed by atoms with Gasteiger partial charge in [-0.05, 0) is 115 Å². The van der Waals surface area contributed by atoms with E-state index in [2.05, 4.69) is 25.1 Å². The van der Waals surface area contributed by atoms with E-state index in [-0.39, 0.29) is 7.43 Å². The Kier molecular flexibility index (Phi) is 20.2. The maximum absolute atomic E-state index is 12.2. The van der Waals surface area contributed by atoms with E-state index in [1.807, 2.05) is 87.5 Å². The number of aromatic nitrogens is 6. The number of halogens is 7. The van der Waals surface area contributed by atoms with Crippen molar-refractivity contribution in [2.45, 2.75) is 47.2 Å². The largest absolute Gasteiger partial charge is 0.464 e. The number of hydrogen-bond donors (Lipinski definition) is 1. The lowest BCUT2D eigenvalue weighted by Crippen LogP contribution is -2.13. The van der Waals surface area contributed by atoms with Crippen LogP contribution < -0.4 is 0 Å². The summed E-state index contributed by atoms with van der Waals surface area (Å²) < 4.78 is 17.7. The molecule has 9 aromatic rings. The van der Waals surface area contributed by atoms with Gasteiger partial charge in [0.05, 0.1) is 51.0 Å². The quantitative estimate of drug-likeness (QED) is 0.0893. The smallest absolute Gasteiger partial charge is 0.359 e. The van der Waals surface area contributed by atoms with Crippen molar-refractivity contribution in [3.8, 4) is 0 Å². The molecule has 9 rings (SSSR count). The van der Waals surface area contributed by atoms with Gasteiger partial charge in [-0.15, -0.1) is 11.6 Å². The van der Waals surface area contributed by atoms with Crippen LogP contribution in [0.25, 0.3) is 32.7 Å². The first-order valence-electron chi connectivity index (χ1n) is 21.0. The molecular weight excluding hydrogens is 1050 g/mol. The highest BCUT2D eigenvalue weighted by molar-refractivity contribution is 6.36. The molecule has 370 valence electrons. The molecule has 3 aromatic heterocycles. The van der Waals surface area contributed by atoms with Gasteiger partial charge >= 0.3 is 17.9 Å². The predicted molar refractivity (Wildman–Crippen MR) is 288 cm³/mol. The Bertz CT molecular complexity index is 3370. The first-order valence-corrected chi connectivity index (χ1v) is 23.8. The Morgan fingerprint density at radius 2 is 1.04 bits per heavy atom. The van der Waals surface area contributed by atoms with Crippen LogP contribution in [0.15, 0.2) is 109 Å². The zero-order valence-electron chi connectivity index (χ0n) is 38.3. The summed E-state index contributed by atoms with van der Waals surface area (Å²) >= 11 is 41.4. The molecule has 1 N–H and O–H groups in total. The van der Waals surface area contributed by atoms with E-state index in [9.17, 15) is 14.4 Å². The summed E-state index contributed by atoms with van der Waals surface area (Å²) in [6, 6.07) is 33.1. The van der Waals surface area contributed by atoms with Gasteiger partial charge in [-0.2, -0.15) is 15.3 Å². The maximum Gasteiger partial charge on any atom is 0.359 e. The van der Waals surface area contributed by atoms with Gasteiger partial charge in [0.2, 0.25) is 0 Å². The van der Waals surface area contributed by atoms with Crippen LogP contribution in [0, 0.1) is 20.8 Å². The van der Waals surface area contributed by atoms with Crippen LogP contribution in [0.3, 0.4) is 0 Å². The van der Waals surface area contributed by atoms with Crippen molar-refractivity contribution in [2.75, 3.05) is 21.3 Å². The Hall–Kier alpha value is -5.83. The van der Waals surface area contributed by atoms with Crippen molar-refractivity contribution >= 4 is 132 Å². The highest BCUT2D eigenvalue weighted by Gasteiger charge is 2.21. The van der Waals surface area contributed by atoms with Gasteiger partial charge in [0.25, 0.3) is 0 Å². The standard InChI is InChI=1S/2C17H14Cl2N2O2.C10H10N2O2.C7H5Cl3.CH4/c1-10-3-6-13-15(7-10)21(20-16(13)17(22)23-2)9-11-4-5-12(18)8-14(11)19;1-10-3-5-13-15(7-10)20-21(16(13)17(22)23-2)9-11-8-12(18)4-6-14(11)19;1-6-3-4-7-8(5-6)11-12-9(7)10(13)14-2;8-4-5-1-2-6(9)3-7(5)10;/h2*3-8H,9H2,1-2H3;3-5H,1-2H3,(H,11,12);1-3H,4H2;1H4. The van der Waals surface area contributed by atoms with E-state index in [1.165, 1.54) is 21.3 Å². The molecule has 0 unspecified atom stereocenters. The van der Waals surface area contributed by atoms with Gasteiger partial charge in [0.1, 0.15) is 0 Å². The normalized spacial score (nSPS) is 10.5. The topological polar surface area (TPSA) is 143 Å². The van der Waals surface area contributed by atoms with E-state index >= 15 is 0 Å². The van der Waals surface area contributed by atoms with Crippen LogP contribution in [0.2, 0.25) is 30.1 Å². The van der Waals surface area contributed by atoms with Crippen molar-refractivity contribution in [1.29, 1.82) is 0 Å². The molecule has 0 radical (unpaired) electrons. The molecule has 0 spiro atoms. The van der Waals surface area contributed by atoms with Crippen LogP contribution in [-0.2, 0) is 33.2 Å². The van der Waals surface area contributed by atoms with Crippen molar-refractivity contribution in [2.24, 2.45) is 0 Å². The summed E-state index contributed by atoms with van der Waals surface area (Å²) in [6.07, 6.45) is 0. The SMILES string of the molecule is C.COC(=O)c1c2ccc(C)cc2nn1Cc1cc(Cl)ccc1Cl.COC(=O)c1n[nH]c2cc(C)ccc12.COC(=O)c1nn(Cc2ccc(Cl)cc2Cl)c2cc(C)ccc12.ClCc1ccc(Cl)cc1Cl. The lowest BCUT2D eigenvalue weighted by atomic mass is 10.1. The number of ether oxygens (including phenoxy) is 3. The Balaban J connectivity index is 0.000000184. The van der Waals surface area contributed by atoms with Crippen LogP contribution >= 0.6 is 81.2 Å². The van der Waals surface area contributed by atoms with Crippen molar-refractivity contribution in [3.05, 3.63) is 190 Å². The molecular formula is C52H47Cl7N6O6. The number of methoxy groups -OCH3 is 3. The van der Waals surface area contributed by atoms with E-state index in [1.54, 1.807) is 51.8 Å². The maximum atomic E-state index is 12.2. The third-order valence-corrected chi connectivity index (χ3v) is 12.5. The number of aryl methyl sites for hydroxylation is 3. The van der Waals surface area contributed by atoms with E-state index in [4.69, 9.17) is 90.7 Å². The molecule has 12 nitrogen and oxygen atoms in total. The monoisotopic (exact) mass is 1100 g/mol. The van der Waals surface area contributed by atoms with E-state index in [0.29, 0.717) is 66.2 Å². The third-order valence-electron chi connectivity index (χ3n) is 10.5. The summed E-state index contributed by atoms with van der Waals surface area (Å²) in [7, 11) is 4.04. The summed E-state index contributed by atoms with van der Waals surface area (Å²) in [6.45, 7) is 6.72. The first-order chi connectivity index (χ1) is 33.4. The minimum Gasteiger partial charge on any atom is -0.464 e. The fourth-order valence-corrected chi connectivity index (χ4v) is 8.59. The van der Waals surface area contributed by atoms with Gasteiger partial charge in [-0.1, -0.05) is 126 Å². The number of hydrogen-bond acceptors (Lipinski definition) is 9. The molecule has 71 heavy (non-hydrogen) atoms. The van der Waals surface area contributed by atoms with Crippen LogP contribution in [0.1, 0.15) is 72.3 Å². The molecule has 0 bridgehead atoms. The zero-order chi connectivity index (χ0) is 50.8. The number of esters is 3. The highest BCUT2D eigenvalue weighted by Crippen LogP contribution is 2.28. The molecule has 0 aliphatic rings. The van der Waals surface area contributed by atoms with Gasteiger partial charge in [-0.3, -0.25) is 14.5 Å². The summed E-state index contributed by atoms with van der Waals surface area (Å²) in [5.74, 6) is -0.884. The lowest BCUT2D eigenvalue weighted by molar-refractivity contribution is 0.0582. The molecule has 0 fully saturated rings. The molecule has 0 saturated carbocycles. The molecule has 0 amide bonds. The fourth-order valence-electron chi connectivity index (χ4n) is 6.97. The first kappa shape index (κ1) is 56.1.